The third-order valence-corrected chi connectivity index (χ3v) is 4.09. The van der Waals surface area contributed by atoms with Crippen LogP contribution in [0.4, 0.5) is 0 Å². The highest BCUT2D eigenvalue weighted by molar-refractivity contribution is 5.89. The van der Waals surface area contributed by atoms with Gasteiger partial charge in [0.1, 0.15) is 5.60 Å². The highest BCUT2D eigenvalue weighted by Crippen LogP contribution is 2.35. The first-order valence-electron chi connectivity index (χ1n) is 6.63. The summed E-state index contributed by atoms with van der Waals surface area (Å²) in [6.07, 6.45) is 7.77. The first-order valence-corrected chi connectivity index (χ1v) is 6.63. The number of rotatable bonds is 4. The molecule has 0 radical (unpaired) electrons. The largest absolute Gasteiger partial charge is 0.370 e. The molecule has 1 saturated carbocycles. The van der Waals surface area contributed by atoms with Crippen LogP contribution in [-0.4, -0.2) is 23.5 Å². The van der Waals surface area contributed by atoms with Crippen molar-refractivity contribution in [3.8, 4) is 0 Å². The first kappa shape index (κ1) is 13.2. The van der Waals surface area contributed by atoms with Crippen LogP contribution in [0.1, 0.15) is 38.2 Å². The lowest BCUT2D eigenvalue weighted by Gasteiger charge is -2.37. The van der Waals surface area contributed by atoms with Gasteiger partial charge in [-0.2, -0.15) is 0 Å². The maximum Gasteiger partial charge on any atom is 0.168 e. The van der Waals surface area contributed by atoms with Gasteiger partial charge in [0.15, 0.2) is 5.78 Å². The molecule has 1 heterocycles. The van der Waals surface area contributed by atoms with Crippen LogP contribution in [0.5, 0.6) is 0 Å². The second-order valence-corrected chi connectivity index (χ2v) is 5.34. The van der Waals surface area contributed by atoms with Crippen molar-refractivity contribution in [1.29, 1.82) is 0 Å². The Morgan fingerprint density at radius 3 is 2.56 bits per heavy atom. The van der Waals surface area contributed by atoms with Crippen LogP contribution in [-0.2, 0) is 16.0 Å². The van der Waals surface area contributed by atoms with E-state index < -0.39 is 5.60 Å². The van der Waals surface area contributed by atoms with E-state index in [0.717, 1.165) is 31.2 Å². The Balaban J connectivity index is 2.06. The summed E-state index contributed by atoms with van der Waals surface area (Å²) >= 11 is 0. The standard InChI is InChI=1S/C15H21NO2/c1-12-3-7-15(18-2,8-4-12)14(17)11-13-5-9-16-10-6-13/h5-6,9-10,12H,3-4,7-8,11H2,1-2H3. The quantitative estimate of drug-likeness (QED) is 0.821. The van der Waals surface area contributed by atoms with Crippen LogP contribution < -0.4 is 0 Å². The van der Waals surface area contributed by atoms with E-state index in [1.165, 1.54) is 0 Å². The number of Topliss-reactive ketones (excluding diaryl/α,β-unsaturated/α-hetero) is 1. The number of carbonyl (C=O) groups excluding carboxylic acids is 1. The minimum absolute atomic E-state index is 0.211. The van der Waals surface area contributed by atoms with E-state index in [9.17, 15) is 4.79 Å². The van der Waals surface area contributed by atoms with E-state index in [0.29, 0.717) is 12.3 Å². The number of aromatic nitrogens is 1. The molecule has 2 rings (SSSR count). The third-order valence-electron chi connectivity index (χ3n) is 4.09. The van der Waals surface area contributed by atoms with Crippen LogP contribution in [0, 0.1) is 5.92 Å². The molecule has 1 aromatic heterocycles. The number of ether oxygens (including phenoxy) is 1. The smallest absolute Gasteiger partial charge is 0.168 e. The number of pyridine rings is 1. The summed E-state index contributed by atoms with van der Waals surface area (Å²) in [5.74, 6) is 0.921. The predicted molar refractivity (Wildman–Crippen MR) is 70.3 cm³/mol. The van der Waals surface area contributed by atoms with E-state index in [1.807, 2.05) is 12.1 Å². The molecule has 0 aliphatic heterocycles. The zero-order valence-electron chi connectivity index (χ0n) is 11.2. The Bertz CT molecular complexity index is 394. The van der Waals surface area contributed by atoms with Gasteiger partial charge in [-0.1, -0.05) is 6.92 Å². The minimum Gasteiger partial charge on any atom is -0.370 e. The van der Waals surface area contributed by atoms with Crippen molar-refractivity contribution in [2.75, 3.05) is 7.11 Å². The van der Waals surface area contributed by atoms with Crippen molar-refractivity contribution in [2.45, 2.75) is 44.6 Å². The van der Waals surface area contributed by atoms with E-state index in [2.05, 4.69) is 11.9 Å². The highest BCUT2D eigenvalue weighted by Gasteiger charge is 2.40. The third kappa shape index (κ3) is 2.78. The van der Waals surface area contributed by atoms with Gasteiger partial charge in [0.25, 0.3) is 0 Å². The Morgan fingerprint density at radius 1 is 1.39 bits per heavy atom. The second-order valence-electron chi connectivity index (χ2n) is 5.34. The molecule has 3 nitrogen and oxygen atoms in total. The summed E-state index contributed by atoms with van der Waals surface area (Å²) in [6, 6.07) is 3.79. The van der Waals surface area contributed by atoms with Crippen LogP contribution in [0.2, 0.25) is 0 Å². The lowest BCUT2D eigenvalue weighted by atomic mass is 9.76. The first-order chi connectivity index (χ1) is 8.66. The Kier molecular flexibility index (Phi) is 4.12. The number of carbonyl (C=O) groups is 1. The fourth-order valence-electron chi connectivity index (χ4n) is 2.67. The Morgan fingerprint density at radius 2 is 2.00 bits per heavy atom. The number of hydrogen-bond donors (Lipinski definition) is 0. The highest BCUT2D eigenvalue weighted by atomic mass is 16.5. The van der Waals surface area contributed by atoms with Crippen molar-refractivity contribution in [3.05, 3.63) is 30.1 Å². The minimum atomic E-state index is -0.546. The molecule has 0 N–H and O–H groups in total. The van der Waals surface area contributed by atoms with Gasteiger partial charge in [-0.15, -0.1) is 0 Å². The van der Waals surface area contributed by atoms with Gasteiger partial charge in [0.05, 0.1) is 0 Å². The molecule has 1 aromatic rings. The van der Waals surface area contributed by atoms with E-state index >= 15 is 0 Å². The summed E-state index contributed by atoms with van der Waals surface area (Å²) < 4.78 is 5.60. The zero-order chi connectivity index (χ0) is 13.0. The normalized spacial score (nSPS) is 28.0. The number of methoxy groups -OCH3 is 1. The van der Waals surface area contributed by atoms with Crippen LogP contribution in [0.3, 0.4) is 0 Å². The Hall–Kier alpha value is -1.22. The molecule has 0 unspecified atom stereocenters. The van der Waals surface area contributed by atoms with Gasteiger partial charge in [0, 0.05) is 25.9 Å². The van der Waals surface area contributed by atoms with Crippen LogP contribution >= 0.6 is 0 Å². The predicted octanol–water partition coefficient (Wildman–Crippen LogP) is 2.79. The molecule has 0 saturated heterocycles. The van der Waals surface area contributed by atoms with Crippen molar-refractivity contribution >= 4 is 5.78 Å². The summed E-state index contributed by atoms with van der Waals surface area (Å²) in [5.41, 5.74) is 0.473. The summed E-state index contributed by atoms with van der Waals surface area (Å²) in [6.45, 7) is 2.24. The van der Waals surface area contributed by atoms with Crippen LogP contribution in [0.15, 0.2) is 24.5 Å². The maximum absolute atomic E-state index is 12.5. The van der Waals surface area contributed by atoms with Gasteiger partial charge in [-0.05, 0) is 49.3 Å². The summed E-state index contributed by atoms with van der Waals surface area (Å²) in [5, 5.41) is 0. The molecule has 3 heteroatoms. The SMILES string of the molecule is COC1(C(=O)Cc2ccncc2)CCC(C)CC1. The van der Waals surface area contributed by atoms with E-state index in [-0.39, 0.29) is 5.78 Å². The number of ketones is 1. The topological polar surface area (TPSA) is 39.2 Å². The van der Waals surface area contributed by atoms with Crippen LogP contribution in [0.25, 0.3) is 0 Å². The number of nitrogens with zero attached hydrogens (tertiary/aromatic N) is 1. The number of hydrogen-bond acceptors (Lipinski definition) is 3. The fourth-order valence-corrected chi connectivity index (χ4v) is 2.67. The molecule has 0 spiro atoms. The van der Waals surface area contributed by atoms with Crippen molar-refractivity contribution in [1.82, 2.24) is 4.98 Å². The fraction of sp³-hybridized carbons (Fsp3) is 0.600. The molecule has 1 fully saturated rings. The Labute approximate surface area is 109 Å². The molecule has 1 aliphatic rings. The average Bonchev–Trinajstić information content (AvgIpc) is 2.41. The lowest BCUT2D eigenvalue weighted by molar-refractivity contribution is -0.145. The molecule has 0 amide bonds. The molecular weight excluding hydrogens is 226 g/mol. The van der Waals surface area contributed by atoms with Gasteiger partial charge in [-0.25, -0.2) is 0 Å². The van der Waals surface area contributed by atoms with Gasteiger partial charge < -0.3 is 4.74 Å². The molecule has 98 valence electrons. The van der Waals surface area contributed by atoms with Gasteiger partial charge in [0.2, 0.25) is 0 Å². The van der Waals surface area contributed by atoms with Crippen molar-refractivity contribution in [3.63, 3.8) is 0 Å². The monoisotopic (exact) mass is 247 g/mol. The van der Waals surface area contributed by atoms with Gasteiger partial charge >= 0.3 is 0 Å². The van der Waals surface area contributed by atoms with E-state index in [1.54, 1.807) is 19.5 Å². The summed E-state index contributed by atoms with van der Waals surface area (Å²) in [7, 11) is 1.67. The van der Waals surface area contributed by atoms with E-state index in [4.69, 9.17) is 4.74 Å². The molecule has 0 bridgehead atoms. The van der Waals surface area contributed by atoms with Crippen molar-refractivity contribution < 1.29 is 9.53 Å². The zero-order valence-corrected chi connectivity index (χ0v) is 11.2. The molecule has 18 heavy (non-hydrogen) atoms. The van der Waals surface area contributed by atoms with Crippen molar-refractivity contribution in [2.24, 2.45) is 5.92 Å². The molecule has 0 aromatic carbocycles. The molecule has 1 aliphatic carbocycles. The molecular formula is C15H21NO2. The second kappa shape index (κ2) is 5.61. The summed E-state index contributed by atoms with van der Waals surface area (Å²) in [4.78, 5) is 16.5. The average molecular weight is 247 g/mol. The lowest BCUT2D eigenvalue weighted by Crippen LogP contribution is -2.44. The maximum atomic E-state index is 12.5. The molecule has 0 atom stereocenters. The van der Waals surface area contributed by atoms with Gasteiger partial charge in [-0.3, -0.25) is 9.78 Å².